The van der Waals surface area contributed by atoms with Crippen molar-refractivity contribution in [2.24, 2.45) is 0 Å². The Morgan fingerprint density at radius 3 is 2.48 bits per heavy atom. The number of benzene rings is 1. The second kappa shape index (κ2) is 4.69. The highest BCUT2D eigenvalue weighted by atomic mass is 19.2. The fraction of sp³-hybridized carbons (Fsp3) is 0.0714. The van der Waals surface area contributed by atoms with Gasteiger partial charge in [0, 0.05) is 23.8 Å². The number of nitrogens with two attached hydrogens (primary N) is 1. The second-order valence-corrected chi connectivity index (χ2v) is 4.47. The summed E-state index contributed by atoms with van der Waals surface area (Å²) in [5.74, 6) is -2.70. The number of furan rings is 1. The molecule has 0 fully saturated rings. The molecule has 0 saturated heterocycles. The number of nitrogens with zero attached hydrogens (tertiary/aromatic N) is 2. The van der Waals surface area contributed by atoms with Crippen LogP contribution >= 0.6 is 0 Å². The van der Waals surface area contributed by atoms with E-state index < -0.39 is 17.5 Å². The minimum atomic E-state index is -1.27. The van der Waals surface area contributed by atoms with Crippen LogP contribution in [0.5, 0.6) is 0 Å². The predicted molar refractivity (Wildman–Crippen MR) is 70.3 cm³/mol. The van der Waals surface area contributed by atoms with Gasteiger partial charge in [0.1, 0.15) is 17.3 Å². The molecule has 0 spiro atoms. The van der Waals surface area contributed by atoms with Crippen LogP contribution in [0, 0.1) is 24.4 Å². The van der Waals surface area contributed by atoms with Gasteiger partial charge in [0.2, 0.25) is 0 Å². The van der Waals surface area contributed by atoms with Gasteiger partial charge in [-0.25, -0.2) is 17.9 Å². The number of hydrogen-bond donors (Lipinski definition) is 1. The van der Waals surface area contributed by atoms with Crippen LogP contribution in [-0.4, -0.2) is 9.78 Å². The third-order valence-corrected chi connectivity index (χ3v) is 3.09. The summed E-state index contributed by atoms with van der Waals surface area (Å²) in [6.07, 6.45) is 1.48. The van der Waals surface area contributed by atoms with Crippen LogP contribution in [0.4, 0.5) is 19.0 Å². The number of aromatic nitrogens is 2. The molecular weight excluding hydrogens is 283 g/mol. The number of nitrogen functional groups attached to an aromatic ring is 1. The van der Waals surface area contributed by atoms with E-state index in [1.807, 2.05) is 0 Å². The summed E-state index contributed by atoms with van der Waals surface area (Å²) in [5, 5.41) is 4.12. The lowest BCUT2D eigenvalue weighted by molar-refractivity contribution is 0.491. The smallest absolute Gasteiger partial charge is 0.161 e. The summed E-state index contributed by atoms with van der Waals surface area (Å²) >= 11 is 0. The van der Waals surface area contributed by atoms with Crippen molar-refractivity contribution in [1.29, 1.82) is 0 Å². The van der Waals surface area contributed by atoms with Gasteiger partial charge in [-0.2, -0.15) is 5.10 Å². The van der Waals surface area contributed by atoms with Crippen molar-refractivity contribution in [1.82, 2.24) is 9.78 Å². The minimum Gasteiger partial charge on any atom is -0.469 e. The Morgan fingerprint density at radius 2 is 1.81 bits per heavy atom. The van der Waals surface area contributed by atoms with Gasteiger partial charge in [-0.05, 0) is 13.0 Å². The molecule has 4 nitrogen and oxygen atoms in total. The van der Waals surface area contributed by atoms with E-state index in [2.05, 4.69) is 5.10 Å². The third kappa shape index (κ3) is 2.16. The molecule has 1 aromatic carbocycles. The first kappa shape index (κ1) is 13.3. The summed E-state index contributed by atoms with van der Waals surface area (Å²) in [6.45, 7) is 1.74. The van der Waals surface area contributed by atoms with E-state index in [0.29, 0.717) is 29.2 Å². The zero-order valence-electron chi connectivity index (χ0n) is 10.9. The Bertz CT molecular complexity index is 823. The minimum absolute atomic E-state index is 0.0931. The standard InChI is InChI=1S/C14H10F3N3O/c1-7-8(2-3-21-7)12-6-14(18)20(19-12)13-5-10(16)9(15)4-11(13)17/h2-6H,18H2,1H3. The van der Waals surface area contributed by atoms with Crippen molar-refractivity contribution in [3.8, 4) is 16.9 Å². The SMILES string of the molecule is Cc1occc1-c1cc(N)n(-c2cc(F)c(F)cc2F)n1. The van der Waals surface area contributed by atoms with Gasteiger partial charge in [0.25, 0.3) is 0 Å². The highest BCUT2D eigenvalue weighted by molar-refractivity contribution is 5.65. The van der Waals surface area contributed by atoms with Crippen LogP contribution in [0.25, 0.3) is 16.9 Å². The van der Waals surface area contributed by atoms with Crippen molar-refractivity contribution in [3.05, 3.63) is 53.7 Å². The van der Waals surface area contributed by atoms with Crippen molar-refractivity contribution in [2.75, 3.05) is 5.73 Å². The number of rotatable bonds is 2. The molecule has 108 valence electrons. The normalized spacial score (nSPS) is 11.0. The Labute approximate surface area is 117 Å². The van der Waals surface area contributed by atoms with Crippen LogP contribution in [0.2, 0.25) is 0 Å². The Morgan fingerprint density at radius 1 is 1.10 bits per heavy atom. The first-order valence-electron chi connectivity index (χ1n) is 6.02. The molecule has 0 aliphatic rings. The summed E-state index contributed by atoms with van der Waals surface area (Å²) in [6, 6.07) is 4.34. The molecule has 0 aliphatic carbocycles. The lowest BCUT2D eigenvalue weighted by Crippen LogP contribution is -2.05. The first-order chi connectivity index (χ1) is 9.97. The number of halogens is 3. The van der Waals surface area contributed by atoms with Crippen LogP contribution < -0.4 is 5.73 Å². The maximum Gasteiger partial charge on any atom is 0.161 e. The molecule has 21 heavy (non-hydrogen) atoms. The van der Waals surface area contributed by atoms with E-state index >= 15 is 0 Å². The van der Waals surface area contributed by atoms with Crippen molar-refractivity contribution < 1.29 is 17.6 Å². The molecule has 0 amide bonds. The molecule has 7 heteroatoms. The van der Waals surface area contributed by atoms with E-state index in [4.69, 9.17) is 10.2 Å². The van der Waals surface area contributed by atoms with Gasteiger partial charge in [0.15, 0.2) is 17.5 Å². The first-order valence-corrected chi connectivity index (χ1v) is 6.02. The molecule has 3 aromatic rings. The molecule has 2 heterocycles. The van der Waals surface area contributed by atoms with Gasteiger partial charge < -0.3 is 10.2 Å². The highest BCUT2D eigenvalue weighted by Crippen LogP contribution is 2.27. The molecule has 0 aliphatic heterocycles. The zero-order valence-corrected chi connectivity index (χ0v) is 10.9. The quantitative estimate of drug-likeness (QED) is 0.736. The molecule has 0 unspecified atom stereocenters. The Kier molecular flexibility index (Phi) is 2.97. The van der Waals surface area contributed by atoms with Crippen molar-refractivity contribution >= 4 is 5.82 Å². The average Bonchev–Trinajstić information content (AvgIpc) is 3.00. The van der Waals surface area contributed by atoms with Crippen LogP contribution in [0.15, 0.2) is 34.9 Å². The van der Waals surface area contributed by atoms with Gasteiger partial charge in [-0.3, -0.25) is 0 Å². The van der Waals surface area contributed by atoms with E-state index in [9.17, 15) is 13.2 Å². The summed E-state index contributed by atoms with van der Waals surface area (Å²) in [4.78, 5) is 0. The maximum atomic E-state index is 13.8. The third-order valence-electron chi connectivity index (χ3n) is 3.09. The van der Waals surface area contributed by atoms with E-state index in [0.717, 1.165) is 4.68 Å². The largest absolute Gasteiger partial charge is 0.469 e. The van der Waals surface area contributed by atoms with Crippen molar-refractivity contribution in [2.45, 2.75) is 6.92 Å². The molecule has 0 atom stereocenters. The molecule has 0 radical (unpaired) electrons. The molecule has 2 N–H and O–H groups in total. The summed E-state index contributed by atoms with van der Waals surface area (Å²) < 4.78 is 46.2. The van der Waals surface area contributed by atoms with E-state index in [-0.39, 0.29) is 11.5 Å². The van der Waals surface area contributed by atoms with E-state index in [1.54, 1.807) is 13.0 Å². The van der Waals surface area contributed by atoms with Crippen LogP contribution in [0.1, 0.15) is 5.76 Å². The molecule has 0 saturated carbocycles. The fourth-order valence-corrected chi connectivity index (χ4v) is 2.05. The summed E-state index contributed by atoms with van der Waals surface area (Å²) in [5.41, 5.74) is 6.64. The maximum absolute atomic E-state index is 13.8. The van der Waals surface area contributed by atoms with Gasteiger partial charge in [0.05, 0.1) is 12.0 Å². The highest BCUT2D eigenvalue weighted by Gasteiger charge is 2.17. The Balaban J connectivity index is 2.15. The van der Waals surface area contributed by atoms with Crippen LogP contribution in [0.3, 0.4) is 0 Å². The predicted octanol–water partition coefficient (Wildman–Crippen LogP) is 3.44. The number of anilines is 1. The summed E-state index contributed by atoms with van der Waals surface area (Å²) in [7, 11) is 0. The fourth-order valence-electron chi connectivity index (χ4n) is 2.05. The van der Waals surface area contributed by atoms with E-state index in [1.165, 1.54) is 12.3 Å². The Hall–Kier alpha value is -2.70. The lowest BCUT2D eigenvalue weighted by Gasteiger charge is -2.06. The van der Waals surface area contributed by atoms with Gasteiger partial charge in [-0.15, -0.1) is 0 Å². The topological polar surface area (TPSA) is 57.0 Å². The van der Waals surface area contributed by atoms with Crippen LogP contribution in [-0.2, 0) is 0 Å². The zero-order chi connectivity index (χ0) is 15.1. The number of hydrogen-bond acceptors (Lipinski definition) is 3. The molecular formula is C14H10F3N3O. The van der Waals surface area contributed by atoms with Gasteiger partial charge in [-0.1, -0.05) is 0 Å². The molecule has 2 aromatic heterocycles. The number of aryl methyl sites for hydroxylation is 1. The molecule has 0 bridgehead atoms. The van der Waals surface area contributed by atoms with Crippen molar-refractivity contribution in [3.63, 3.8) is 0 Å². The molecule has 3 rings (SSSR count). The monoisotopic (exact) mass is 293 g/mol. The van der Waals surface area contributed by atoms with Gasteiger partial charge >= 0.3 is 0 Å². The average molecular weight is 293 g/mol. The second-order valence-electron chi connectivity index (χ2n) is 4.47. The lowest BCUT2D eigenvalue weighted by atomic mass is 10.2.